The average Bonchev–Trinajstić information content (AvgIpc) is 2.23. The van der Waals surface area contributed by atoms with Crippen LogP contribution in [-0.2, 0) is 20.3 Å². The van der Waals surface area contributed by atoms with Crippen LogP contribution < -0.4 is 0 Å². The maximum Gasteiger partial charge on any atom is 0.309 e. The molecule has 0 aliphatic rings. The normalized spacial score (nSPS) is 14.6. The molecule has 0 rings (SSSR count). The summed E-state index contributed by atoms with van der Waals surface area (Å²) >= 11 is 0. The lowest BCUT2D eigenvalue weighted by Gasteiger charge is -2.08. The molecule has 4 heteroatoms. The molecule has 90 valence electrons. The first-order valence-electron chi connectivity index (χ1n) is 5.54. The number of unbranched alkanes of at least 4 members (excludes halogenated alkanes) is 3. The zero-order valence-corrected chi connectivity index (χ0v) is 10.8. The van der Waals surface area contributed by atoms with Crippen LogP contribution in [0.25, 0.3) is 0 Å². The summed E-state index contributed by atoms with van der Waals surface area (Å²) in [7, 11) is 0.487. The number of carbonyl (C=O) groups is 1. The monoisotopic (exact) mass is 234 g/mol. The molecule has 0 aromatic heterocycles. The molecule has 0 spiro atoms. The van der Waals surface area contributed by atoms with E-state index in [1.54, 1.807) is 6.92 Å². The largest absolute Gasteiger partial charge is 0.469 e. The molecule has 0 fully saturated rings. The lowest BCUT2D eigenvalue weighted by molar-refractivity contribution is -0.144. The molecular formula is C11H22O3S. The highest BCUT2D eigenvalue weighted by Gasteiger charge is 2.15. The lowest BCUT2D eigenvalue weighted by atomic mass is 10.2. The number of hydrogen-bond acceptors (Lipinski definition) is 3. The maximum atomic E-state index is 11.5. The van der Waals surface area contributed by atoms with Gasteiger partial charge in [-0.25, -0.2) is 0 Å². The van der Waals surface area contributed by atoms with Gasteiger partial charge in [0.15, 0.2) is 0 Å². The van der Waals surface area contributed by atoms with Crippen LogP contribution in [-0.4, -0.2) is 28.8 Å². The molecular weight excluding hydrogens is 212 g/mol. The molecule has 0 saturated carbocycles. The van der Waals surface area contributed by atoms with Gasteiger partial charge in [0.25, 0.3) is 0 Å². The van der Waals surface area contributed by atoms with Crippen molar-refractivity contribution < 1.29 is 13.7 Å². The van der Waals surface area contributed by atoms with Crippen LogP contribution in [0.4, 0.5) is 0 Å². The van der Waals surface area contributed by atoms with Crippen LogP contribution in [0, 0.1) is 5.92 Å². The van der Waals surface area contributed by atoms with Crippen LogP contribution in [0.15, 0.2) is 0 Å². The number of ether oxygens (including phenoxy) is 1. The third-order valence-corrected chi connectivity index (χ3v) is 3.88. The first-order chi connectivity index (χ1) is 7.11. The van der Waals surface area contributed by atoms with Crippen LogP contribution in [0.1, 0.15) is 39.5 Å². The zero-order chi connectivity index (χ0) is 11.7. The molecule has 0 amide bonds. The Balaban J connectivity index is 3.60. The second-order valence-electron chi connectivity index (χ2n) is 3.80. The molecule has 15 heavy (non-hydrogen) atoms. The summed E-state index contributed by atoms with van der Waals surface area (Å²) in [5.74, 6) is 0.624. The van der Waals surface area contributed by atoms with Gasteiger partial charge < -0.3 is 4.74 Å². The zero-order valence-electron chi connectivity index (χ0n) is 9.95. The van der Waals surface area contributed by atoms with Gasteiger partial charge in [-0.15, -0.1) is 0 Å². The van der Waals surface area contributed by atoms with Crippen molar-refractivity contribution in [2.45, 2.75) is 39.5 Å². The summed E-state index contributed by atoms with van der Waals surface area (Å²) < 4.78 is 16.1. The van der Waals surface area contributed by atoms with Crippen molar-refractivity contribution in [2.75, 3.05) is 18.6 Å². The molecule has 2 unspecified atom stereocenters. The van der Waals surface area contributed by atoms with E-state index < -0.39 is 10.8 Å². The highest BCUT2D eigenvalue weighted by molar-refractivity contribution is 7.85. The molecule has 0 radical (unpaired) electrons. The summed E-state index contributed by atoms with van der Waals surface area (Å²) in [6.45, 7) is 3.91. The Hall–Kier alpha value is -0.380. The summed E-state index contributed by atoms with van der Waals surface area (Å²) in [5.41, 5.74) is 0. The molecule has 0 heterocycles. The highest BCUT2D eigenvalue weighted by Crippen LogP contribution is 2.05. The van der Waals surface area contributed by atoms with E-state index in [0.717, 1.165) is 12.8 Å². The first kappa shape index (κ1) is 14.6. The molecule has 0 aromatic carbocycles. The van der Waals surface area contributed by atoms with E-state index in [-0.39, 0.29) is 11.9 Å². The van der Waals surface area contributed by atoms with E-state index in [1.165, 1.54) is 20.0 Å². The first-order valence-corrected chi connectivity index (χ1v) is 7.03. The minimum Gasteiger partial charge on any atom is -0.469 e. The summed E-state index contributed by atoms with van der Waals surface area (Å²) in [6, 6.07) is 0. The Morgan fingerprint density at radius 2 is 2.00 bits per heavy atom. The SMILES string of the molecule is CCCCCCS(=O)CC(C)C(=O)OC. The Kier molecular flexibility index (Phi) is 8.67. The Morgan fingerprint density at radius 3 is 2.53 bits per heavy atom. The minimum absolute atomic E-state index is 0.248. The van der Waals surface area contributed by atoms with Gasteiger partial charge in [-0.3, -0.25) is 9.00 Å². The van der Waals surface area contributed by atoms with Gasteiger partial charge in [0.2, 0.25) is 0 Å². The number of rotatable bonds is 8. The fraction of sp³-hybridized carbons (Fsp3) is 0.909. The maximum absolute atomic E-state index is 11.5. The summed E-state index contributed by atoms with van der Waals surface area (Å²) in [5, 5.41) is 0. The smallest absolute Gasteiger partial charge is 0.309 e. The van der Waals surface area contributed by atoms with Crippen molar-refractivity contribution in [1.29, 1.82) is 0 Å². The van der Waals surface area contributed by atoms with Crippen molar-refractivity contribution in [3.05, 3.63) is 0 Å². The number of hydrogen-bond donors (Lipinski definition) is 0. The number of esters is 1. The molecule has 0 aliphatic carbocycles. The second-order valence-corrected chi connectivity index (χ2v) is 5.42. The highest BCUT2D eigenvalue weighted by atomic mass is 32.2. The molecule has 0 aliphatic heterocycles. The minimum atomic E-state index is -0.877. The van der Waals surface area contributed by atoms with Crippen molar-refractivity contribution in [1.82, 2.24) is 0 Å². The van der Waals surface area contributed by atoms with Gasteiger partial charge in [0.05, 0.1) is 13.0 Å². The van der Waals surface area contributed by atoms with Gasteiger partial charge in [0.1, 0.15) is 0 Å². The van der Waals surface area contributed by atoms with Crippen molar-refractivity contribution in [3.63, 3.8) is 0 Å². The number of methoxy groups -OCH3 is 1. The molecule has 0 bridgehead atoms. The van der Waals surface area contributed by atoms with Gasteiger partial charge >= 0.3 is 5.97 Å². The Morgan fingerprint density at radius 1 is 1.33 bits per heavy atom. The topological polar surface area (TPSA) is 43.4 Å². The average molecular weight is 234 g/mol. The fourth-order valence-corrected chi connectivity index (χ4v) is 2.71. The van der Waals surface area contributed by atoms with Crippen molar-refractivity contribution >= 4 is 16.8 Å². The summed E-state index contributed by atoms with van der Waals surface area (Å²) in [4.78, 5) is 11.1. The van der Waals surface area contributed by atoms with Crippen LogP contribution in [0.5, 0.6) is 0 Å². The third-order valence-electron chi connectivity index (χ3n) is 2.27. The molecule has 0 saturated heterocycles. The van der Waals surface area contributed by atoms with E-state index >= 15 is 0 Å². The predicted octanol–water partition coefficient (Wildman–Crippen LogP) is 2.12. The van der Waals surface area contributed by atoms with Gasteiger partial charge in [-0.2, -0.15) is 0 Å². The van der Waals surface area contributed by atoms with Gasteiger partial charge in [-0.1, -0.05) is 33.1 Å². The standard InChI is InChI=1S/C11H22O3S/c1-4-5-6-7-8-15(13)9-10(2)11(12)14-3/h10H,4-9H2,1-3H3. The molecule has 0 aromatic rings. The van der Waals surface area contributed by atoms with E-state index in [1.807, 2.05) is 0 Å². The van der Waals surface area contributed by atoms with E-state index in [0.29, 0.717) is 11.5 Å². The second kappa shape index (κ2) is 8.89. The van der Waals surface area contributed by atoms with Crippen LogP contribution >= 0.6 is 0 Å². The van der Waals surface area contributed by atoms with Crippen LogP contribution in [0.2, 0.25) is 0 Å². The van der Waals surface area contributed by atoms with Crippen molar-refractivity contribution in [2.24, 2.45) is 5.92 Å². The Labute approximate surface area is 95.0 Å². The van der Waals surface area contributed by atoms with Crippen molar-refractivity contribution in [3.8, 4) is 0 Å². The molecule has 3 nitrogen and oxygen atoms in total. The van der Waals surface area contributed by atoms with Gasteiger partial charge in [-0.05, 0) is 6.42 Å². The quantitative estimate of drug-likeness (QED) is 0.477. The van der Waals surface area contributed by atoms with Gasteiger partial charge in [0, 0.05) is 22.3 Å². The predicted molar refractivity (Wildman–Crippen MR) is 63.2 cm³/mol. The summed E-state index contributed by atoms with van der Waals surface area (Å²) in [6.07, 6.45) is 4.51. The third kappa shape index (κ3) is 7.54. The van der Waals surface area contributed by atoms with Crippen LogP contribution in [0.3, 0.4) is 0 Å². The molecule has 0 N–H and O–H groups in total. The number of carbonyl (C=O) groups excluding carboxylic acids is 1. The van der Waals surface area contributed by atoms with E-state index in [9.17, 15) is 9.00 Å². The van der Waals surface area contributed by atoms with E-state index in [4.69, 9.17) is 0 Å². The lowest BCUT2D eigenvalue weighted by Crippen LogP contribution is -2.20. The van der Waals surface area contributed by atoms with E-state index in [2.05, 4.69) is 11.7 Å². The Bertz CT molecular complexity index is 204. The fourth-order valence-electron chi connectivity index (χ4n) is 1.32. The molecule has 2 atom stereocenters.